The second-order valence-corrected chi connectivity index (χ2v) is 8.62. The lowest BCUT2D eigenvalue weighted by molar-refractivity contribution is -0.143. The summed E-state index contributed by atoms with van der Waals surface area (Å²) in [7, 11) is 0. The van der Waals surface area contributed by atoms with E-state index in [0.29, 0.717) is 33.7 Å². The van der Waals surface area contributed by atoms with Crippen molar-refractivity contribution >= 4 is 40.1 Å². The molecular weight excluding hydrogens is 457 g/mol. The summed E-state index contributed by atoms with van der Waals surface area (Å²) < 4.78 is 37.5. The number of aromatic nitrogens is 4. The summed E-state index contributed by atoms with van der Waals surface area (Å²) in [5, 5.41) is 4.19. The fourth-order valence-electron chi connectivity index (χ4n) is 3.86. The van der Waals surface area contributed by atoms with Crippen LogP contribution in [0, 0.1) is 0 Å². The van der Waals surface area contributed by atoms with E-state index in [9.17, 15) is 18.0 Å². The summed E-state index contributed by atoms with van der Waals surface area (Å²) in [4.78, 5) is 31.1. The average Bonchev–Trinajstić information content (AvgIpc) is 3.20. The van der Waals surface area contributed by atoms with E-state index in [-0.39, 0.29) is 0 Å². The third kappa shape index (κ3) is 5.73. The minimum absolute atomic E-state index is 0.373. The first-order chi connectivity index (χ1) is 15.7. The first kappa shape index (κ1) is 23.3. The highest BCUT2D eigenvalue weighted by Crippen LogP contribution is 2.31. The summed E-state index contributed by atoms with van der Waals surface area (Å²) in [5.41, 5.74) is 1.32. The third-order valence-corrected chi connectivity index (χ3v) is 5.84. The van der Waals surface area contributed by atoms with Gasteiger partial charge in [-0.1, -0.05) is 11.6 Å². The number of nitrogens with one attached hydrogen (secondary N) is 2. The first-order valence-corrected chi connectivity index (χ1v) is 11.2. The number of ketones is 1. The van der Waals surface area contributed by atoms with Gasteiger partial charge in [0, 0.05) is 48.9 Å². The van der Waals surface area contributed by atoms with E-state index < -0.39 is 30.8 Å². The number of hydrogen-bond donors (Lipinski definition) is 2. The predicted molar refractivity (Wildman–Crippen MR) is 122 cm³/mol. The molecule has 11 heteroatoms. The Morgan fingerprint density at radius 1 is 1.24 bits per heavy atom. The number of carbonyl (C=O) groups excluding carboxylic acids is 1. The normalized spacial score (nSPS) is 15.6. The van der Waals surface area contributed by atoms with Crippen LogP contribution in [-0.4, -0.2) is 51.0 Å². The Morgan fingerprint density at radius 3 is 2.73 bits per heavy atom. The van der Waals surface area contributed by atoms with Gasteiger partial charge in [-0.15, -0.1) is 0 Å². The lowest BCUT2D eigenvalue weighted by atomic mass is 10.1. The SMILES string of the molecule is C[C@H](Nc1cc(N2CCCCC2)nc(-c2c[nH]c3ncc(Cl)cc23)n1)C(=O)CCC(F)(F)F. The van der Waals surface area contributed by atoms with Gasteiger partial charge < -0.3 is 15.2 Å². The van der Waals surface area contributed by atoms with Crippen LogP contribution in [0.3, 0.4) is 0 Å². The smallest absolute Gasteiger partial charge is 0.360 e. The van der Waals surface area contributed by atoms with Gasteiger partial charge in [0.25, 0.3) is 0 Å². The fraction of sp³-hybridized carbons (Fsp3) is 0.455. The van der Waals surface area contributed by atoms with Crippen LogP contribution < -0.4 is 10.2 Å². The lowest BCUT2D eigenvalue weighted by Crippen LogP contribution is -2.31. The third-order valence-electron chi connectivity index (χ3n) is 5.63. The number of anilines is 2. The van der Waals surface area contributed by atoms with Crippen LogP contribution in [0.25, 0.3) is 22.4 Å². The number of halogens is 4. The largest absolute Gasteiger partial charge is 0.389 e. The first-order valence-electron chi connectivity index (χ1n) is 10.8. The molecule has 1 fully saturated rings. The standard InChI is InChI=1S/C22H24ClF3N6O/c1-13(17(33)5-6-22(24,25)26)29-18-10-19(32-7-3-2-4-8-32)31-21(30-18)16-12-28-20-15(16)9-14(23)11-27-20/h9-13H,2-8H2,1H3,(H,27,28)(H,29,30,31)/t13-/m0/s1. The van der Waals surface area contributed by atoms with Gasteiger partial charge >= 0.3 is 6.18 Å². The molecule has 1 saturated heterocycles. The molecule has 0 aromatic carbocycles. The van der Waals surface area contributed by atoms with Gasteiger partial charge in [-0.3, -0.25) is 4.79 Å². The maximum atomic E-state index is 12.5. The number of aromatic amines is 1. The molecule has 1 aliphatic rings. The van der Waals surface area contributed by atoms with Crippen LogP contribution in [0.2, 0.25) is 5.02 Å². The van der Waals surface area contributed by atoms with Crippen LogP contribution in [-0.2, 0) is 4.79 Å². The summed E-state index contributed by atoms with van der Waals surface area (Å²) >= 11 is 6.13. The van der Waals surface area contributed by atoms with Crippen molar-refractivity contribution in [1.29, 1.82) is 0 Å². The van der Waals surface area contributed by atoms with Crippen LogP contribution >= 0.6 is 11.6 Å². The summed E-state index contributed by atoms with van der Waals surface area (Å²) in [6.45, 7) is 3.23. The Labute approximate surface area is 193 Å². The Hall–Kier alpha value is -2.88. The number of fused-ring (bicyclic) bond motifs is 1. The molecule has 4 rings (SSSR count). The van der Waals surface area contributed by atoms with Crippen molar-refractivity contribution in [2.75, 3.05) is 23.3 Å². The molecule has 0 radical (unpaired) electrons. The molecule has 176 valence electrons. The molecule has 0 unspecified atom stereocenters. The van der Waals surface area contributed by atoms with Gasteiger partial charge in [-0.25, -0.2) is 15.0 Å². The molecule has 0 aliphatic carbocycles. The number of H-pyrrole nitrogens is 1. The Morgan fingerprint density at radius 2 is 2.00 bits per heavy atom. The van der Waals surface area contributed by atoms with Gasteiger partial charge in [0.15, 0.2) is 11.6 Å². The molecule has 1 aliphatic heterocycles. The van der Waals surface area contributed by atoms with Gasteiger partial charge in [-0.05, 0) is 32.3 Å². The monoisotopic (exact) mass is 480 g/mol. The number of alkyl halides is 3. The van der Waals surface area contributed by atoms with E-state index in [0.717, 1.165) is 37.7 Å². The van der Waals surface area contributed by atoms with Crippen molar-refractivity contribution in [3.63, 3.8) is 0 Å². The summed E-state index contributed by atoms with van der Waals surface area (Å²) in [5.74, 6) is 0.945. The van der Waals surface area contributed by atoms with Gasteiger partial charge in [0.1, 0.15) is 17.3 Å². The van der Waals surface area contributed by atoms with Crippen LogP contribution in [0.1, 0.15) is 39.0 Å². The minimum atomic E-state index is -4.37. The molecule has 4 heterocycles. The van der Waals surface area contributed by atoms with Gasteiger partial charge in [-0.2, -0.15) is 13.2 Å². The zero-order chi connectivity index (χ0) is 23.6. The van der Waals surface area contributed by atoms with Crippen molar-refractivity contribution in [3.05, 3.63) is 29.5 Å². The number of Topliss-reactive ketones (excluding diaryl/α,β-unsaturated/α-hetero) is 1. The molecular formula is C22H24ClF3N6O. The zero-order valence-corrected chi connectivity index (χ0v) is 18.8. The number of piperidine rings is 1. The van der Waals surface area contributed by atoms with Crippen molar-refractivity contribution < 1.29 is 18.0 Å². The fourth-order valence-corrected chi connectivity index (χ4v) is 4.02. The molecule has 0 bridgehead atoms. The topological polar surface area (TPSA) is 86.8 Å². The van der Waals surface area contributed by atoms with Crippen molar-refractivity contribution in [2.45, 2.75) is 51.2 Å². The Bertz CT molecular complexity index is 1140. The van der Waals surface area contributed by atoms with Crippen LogP contribution in [0.4, 0.5) is 24.8 Å². The highest BCUT2D eigenvalue weighted by molar-refractivity contribution is 6.31. The van der Waals surface area contributed by atoms with E-state index in [1.54, 1.807) is 18.3 Å². The second kappa shape index (κ2) is 9.54. The highest BCUT2D eigenvalue weighted by atomic mass is 35.5. The molecule has 3 aromatic rings. The van der Waals surface area contributed by atoms with Crippen LogP contribution in [0.15, 0.2) is 24.5 Å². The maximum Gasteiger partial charge on any atom is 0.389 e. The molecule has 0 saturated carbocycles. The summed E-state index contributed by atoms with van der Waals surface area (Å²) in [6, 6.07) is 2.68. The molecule has 0 amide bonds. The molecule has 1 atom stereocenters. The maximum absolute atomic E-state index is 12.5. The van der Waals surface area contributed by atoms with Gasteiger partial charge in [0.05, 0.1) is 17.5 Å². The van der Waals surface area contributed by atoms with E-state index in [2.05, 4.69) is 25.2 Å². The number of rotatable bonds is 7. The van der Waals surface area contributed by atoms with E-state index in [1.165, 1.54) is 13.1 Å². The Balaban J connectivity index is 1.66. The highest BCUT2D eigenvalue weighted by Gasteiger charge is 2.29. The molecule has 7 nitrogen and oxygen atoms in total. The molecule has 2 N–H and O–H groups in total. The van der Waals surface area contributed by atoms with E-state index in [4.69, 9.17) is 16.6 Å². The van der Waals surface area contributed by atoms with Crippen molar-refractivity contribution in [3.8, 4) is 11.4 Å². The predicted octanol–water partition coefficient (Wildman–Crippen LogP) is 5.38. The number of nitrogens with zero attached hydrogens (tertiary/aromatic N) is 4. The number of pyridine rings is 1. The van der Waals surface area contributed by atoms with E-state index >= 15 is 0 Å². The molecule has 0 spiro atoms. The van der Waals surface area contributed by atoms with Crippen LogP contribution in [0.5, 0.6) is 0 Å². The van der Waals surface area contributed by atoms with Crippen molar-refractivity contribution in [1.82, 2.24) is 19.9 Å². The summed E-state index contributed by atoms with van der Waals surface area (Å²) in [6.07, 6.45) is 0.417. The minimum Gasteiger partial charge on any atom is -0.360 e. The number of carbonyl (C=O) groups is 1. The molecule has 33 heavy (non-hydrogen) atoms. The quantitative estimate of drug-likeness (QED) is 0.472. The second-order valence-electron chi connectivity index (χ2n) is 8.18. The molecule has 3 aromatic heterocycles. The van der Waals surface area contributed by atoms with Crippen molar-refractivity contribution in [2.24, 2.45) is 0 Å². The average molecular weight is 481 g/mol. The van der Waals surface area contributed by atoms with Gasteiger partial charge in [0.2, 0.25) is 0 Å². The van der Waals surface area contributed by atoms with E-state index in [1.807, 2.05) is 0 Å². The number of hydrogen-bond acceptors (Lipinski definition) is 6. The zero-order valence-electron chi connectivity index (χ0n) is 18.0. The lowest BCUT2D eigenvalue weighted by Gasteiger charge is -2.28. The Kier molecular flexibility index (Phi) is 6.73.